The maximum absolute atomic E-state index is 5.87. The Bertz CT molecular complexity index is 814. The molecular weight excluding hydrogens is 308 g/mol. The zero-order valence-corrected chi connectivity index (χ0v) is 15.2. The van der Waals surface area contributed by atoms with Crippen molar-refractivity contribution in [3.8, 4) is 23.0 Å². The first-order valence-electron chi connectivity index (χ1n) is 9.47. The summed E-state index contributed by atoms with van der Waals surface area (Å²) in [6.45, 7) is 6.07. The smallest absolute Gasteiger partial charge is 0.0771 e. The molecule has 0 N–H and O–H groups in total. The molecule has 2 aromatic rings. The lowest BCUT2D eigenvalue weighted by Crippen LogP contribution is -2.25. The van der Waals surface area contributed by atoms with Gasteiger partial charge in [-0.2, -0.15) is 5.10 Å². The van der Waals surface area contributed by atoms with E-state index in [4.69, 9.17) is 4.74 Å². The van der Waals surface area contributed by atoms with Crippen molar-refractivity contribution in [2.75, 3.05) is 6.61 Å². The van der Waals surface area contributed by atoms with Crippen LogP contribution in [0.4, 0.5) is 0 Å². The lowest BCUT2D eigenvalue weighted by Gasteiger charge is -2.23. The van der Waals surface area contributed by atoms with Gasteiger partial charge in [0.05, 0.1) is 18.8 Å². The van der Waals surface area contributed by atoms with Crippen LogP contribution in [0.1, 0.15) is 48.9 Å². The van der Waals surface area contributed by atoms with Crippen molar-refractivity contribution in [1.29, 1.82) is 0 Å². The maximum atomic E-state index is 5.87. The fraction of sp³-hybridized carbons (Fsp3) is 0.500. The van der Waals surface area contributed by atoms with Crippen molar-refractivity contribution in [3.05, 3.63) is 41.2 Å². The van der Waals surface area contributed by atoms with Gasteiger partial charge in [0.1, 0.15) is 0 Å². The number of aromatic nitrogens is 2. The van der Waals surface area contributed by atoms with Gasteiger partial charge in [0.25, 0.3) is 0 Å². The summed E-state index contributed by atoms with van der Waals surface area (Å²) >= 11 is 0. The van der Waals surface area contributed by atoms with Gasteiger partial charge in [-0.25, -0.2) is 0 Å². The second-order valence-electron chi connectivity index (χ2n) is 7.39. The third-order valence-corrected chi connectivity index (χ3v) is 5.27. The second-order valence-corrected chi connectivity index (χ2v) is 7.39. The van der Waals surface area contributed by atoms with Crippen LogP contribution >= 0.6 is 0 Å². The van der Waals surface area contributed by atoms with Gasteiger partial charge in [0.15, 0.2) is 0 Å². The quantitative estimate of drug-likeness (QED) is 0.773. The molecule has 0 amide bonds. The molecule has 2 fully saturated rings. The molecule has 1 aliphatic carbocycles. The predicted octanol–water partition coefficient (Wildman–Crippen LogP) is 4.50. The summed E-state index contributed by atoms with van der Waals surface area (Å²) in [5.41, 5.74) is 6.07. The van der Waals surface area contributed by atoms with Crippen LogP contribution in [0.5, 0.6) is 0 Å². The number of hydrogen-bond donors (Lipinski definition) is 0. The van der Waals surface area contributed by atoms with E-state index in [-0.39, 0.29) is 0 Å². The van der Waals surface area contributed by atoms with Gasteiger partial charge < -0.3 is 4.74 Å². The average molecular weight is 334 g/mol. The summed E-state index contributed by atoms with van der Waals surface area (Å²) in [6.07, 6.45) is 8.44. The van der Waals surface area contributed by atoms with Gasteiger partial charge in [-0.1, -0.05) is 17.9 Å². The minimum absolute atomic E-state index is 0.307. The first-order chi connectivity index (χ1) is 12.2. The van der Waals surface area contributed by atoms with Gasteiger partial charge in [0.2, 0.25) is 0 Å². The van der Waals surface area contributed by atoms with Crippen molar-refractivity contribution in [3.63, 3.8) is 0 Å². The molecular formula is C22H26N2O. The molecule has 1 aliphatic heterocycles. The standard InChI is InChI=1S/C22H26N2O/c1-16-13-19(9-8-18-6-7-18)10-11-21(16)22-14-23-24(17(22)2)15-20-5-3-4-12-25-20/h10-11,13-14,18,20H,3-7,12,15H2,1-2H3/t20-/m1/s1. The molecule has 1 aromatic carbocycles. The summed E-state index contributed by atoms with van der Waals surface area (Å²) < 4.78 is 7.97. The zero-order chi connectivity index (χ0) is 17.2. The van der Waals surface area contributed by atoms with Gasteiger partial charge in [-0.05, 0) is 69.2 Å². The summed E-state index contributed by atoms with van der Waals surface area (Å²) in [4.78, 5) is 0. The third kappa shape index (κ3) is 3.80. The van der Waals surface area contributed by atoms with Gasteiger partial charge in [-0.15, -0.1) is 0 Å². The van der Waals surface area contributed by atoms with E-state index in [1.807, 2.05) is 6.20 Å². The monoisotopic (exact) mass is 334 g/mol. The summed E-state index contributed by atoms with van der Waals surface area (Å²) in [5, 5.41) is 4.63. The largest absolute Gasteiger partial charge is 0.376 e. The highest BCUT2D eigenvalue weighted by Crippen LogP contribution is 2.29. The molecule has 1 saturated carbocycles. The Kier molecular flexibility index (Phi) is 4.63. The van der Waals surface area contributed by atoms with E-state index in [0.717, 1.165) is 25.1 Å². The van der Waals surface area contributed by atoms with Crippen molar-refractivity contribution < 1.29 is 4.74 Å². The highest BCUT2D eigenvalue weighted by atomic mass is 16.5. The number of ether oxygens (including phenoxy) is 1. The summed E-state index contributed by atoms with van der Waals surface area (Å²) in [7, 11) is 0. The van der Waals surface area contributed by atoms with E-state index in [1.54, 1.807) is 0 Å². The fourth-order valence-electron chi connectivity index (χ4n) is 3.50. The van der Waals surface area contributed by atoms with E-state index in [1.165, 1.54) is 48.1 Å². The minimum Gasteiger partial charge on any atom is -0.376 e. The molecule has 1 atom stereocenters. The number of rotatable bonds is 3. The number of hydrogen-bond acceptors (Lipinski definition) is 2. The molecule has 0 bridgehead atoms. The molecule has 1 saturated heterocycles. The molecule has 1 aromatic heterocycles. The lowest BCUT2D eigenvalue weighted by atomic mass is 9.99. The predicted molar refractivity (Wildman–Crippen MR) is 100 cm³/mol. The number of nitrogens with zero attached hydrogens (tertiary/aromatic N) is 2. The van der Waals surface area contributed by atoms with Crippen LogP contribution in [0.15, 0.2) is 24.4 Å². The highest BCUT2D eigenvalue weighted by Gasteiger charge is 2.19. The molecule has 3 nitrogen and oxygen atoms in total. The van der Waals surface area contributed by atoms with Crippen LogP contribution in [-0.2, 0) is 11.3 Å². The first kappa shape index (κ1) is 16.4. The SMILES string of the molecule is Cc1cc(C#CC2CC2)ccc1-c1cnn(C[C@H]2CCCCO2)c1C. The van der Waals surface area contributed by atoms with Gasteiger partial charge in [0, 0.05) is 29.3 Å². The molecule has 0 spiro atoms. The zero-order valence-electron chi connectivity index (χ0n) is 15.2. The van der Waals surface area contributed by atoms with E-state index < -0.39 is 0 Å². The van der Waals surface area contributed by atoms with Crippen LogP contribution in [0, 0.1) is 31.6 Å². The van der Waals surface area contributed by atoms with Gasteiger partial charge >= 0.3 is 0 Å². The lowest BCUT2D eigenvalue weighted by molar-refractivity contribution is 0.00366. The van der Waals surface area contributed by atoms with Crippen LogP contribution in [-0.4, -0.2) is 22.5 Å². The molecule has 4 rings (SSSR count). The molecule has 2 aliphatic rings. The minimum atomic E-state index is 0.307. The summed E-state index contributed by atoms with van der Waals surface area (Å²) in [6, 6.07) is 6.53. The molecule has 0 unspecified atom stereocenters. The van der Waals surface area contributed by atoms with Crippen molar-refractivity contribution in [2.24, 2.45) is 5.92 Å². The summed E-state index contributed by atoms with van der Waals surface area (Å²) in [5.74, 6) is 7.29. The highest BCUT2D eigenvalue weighted by molar-refractivity contribution is 5.69. The Balaban J connectivity index is 1.54. The van der Waals surface area contributed by atoms with Crippen LogP contribution in [0.3, 0.4) is 0 Å². The topological polar surface area (TPSA) is 27.1 Å². The number of benzene rings is 1. The van der Waals surface area contributed by atoms with Crippen LogP contribution in [0.2, 0.25) is 0 Å². The maximum Gasteiger partial charge on any atom is 0.0771 e. The van der Waals surface area contributed by atoms with Crippen LogP contribution < -0.4 is 0 Å². The Hall–Kier alpha value is -2.05. The molecule has 2 heterocycles. The first-order valence-corrected chi connectivity index (χ1v) is 9.47. The van der Waals surface area contributed by atoms with Crippen LogP contribution in [0.25, 0.3) is 11.1 Å². The molecule has 25 heavy (non-hydrogen) atoms. The van der Waals surface area contributed by atoms with E-state index >= 15 is 0 Å². The third-order valence-electron chi connectivity index (χ3n) is 5.27. The van der Waals surface area contributed by atoms with E-state index in [9.17, 15) is 0 Å². The van der Waals surface area contributed by atoms with E-state index in [2.05, 4.69) is 53.7 Å². The van der Waals surface area contributed by atoms with Gasteiger partial charge in [-0.3, -0.25) is 4.68 Å². The Morgan fingerprint density at radius 1 is 1.16 bits per heavy atom. The second kappa shape index (κ2) is 7.06. The van der Waals surface area contributed by atoms with Crippen molar-refractivity contribution >= 4 is 0 Å². The normalized spacial score (nSPS) is 20.2. The molecule has 0 radical (unpaired) electrons. The fourth-order valence-corrected chi connectivity index (χ4v) is 3.50. The van der Waals surface area contributed by atoms with E-state index in [0.29, 0.717) is 12.0 Å². The number of aryl methyl sites for hydroxylation is 1. The van der Waals surface area contributed by atoms with Crippen molar-refractivity contribution in [1.82, 2.24) is 9.78 Å². The van der Waals surface area contributed by atoms with Crippen molar-refractivity contribution in [2.45, 2.75) is 58.6 Å². The molecule has 130 valence electrons. The molecule has 3 heteroatoms. The average Bonchev–Trinajstić information content (AvgIpc) is 3.39. The Morgan fingerprint density at radius 3 is 2.76 bits per heavy atom. The Labute approximate surface area is 150 Å². The Morgan fingerprint density at radius 2 is 2.04 bits per heavy atom.